The Hall–Kier alpha value is -1.49. The Labute approximate surface area is 151 Å². The summed E-state index contributed by atoms with van der Waals surface area (Å²) in [5.74, 6) is 0.857. The van der Waals surface area contributed by atoms with E-state index in [4.69, 9.17) is 27.6 Å². The molecule has 1 atom stereocenters. The third kappa shape index (κ3) is 4.32. The van der Waals surface area contributed by atoms with E-state index in [2.05, 4.69) is 10.2 Å². The highest BCUT2D eigenvalue weighted by atomic mass is 35.5. The molecule has 1 aliphatic heterocycles. The summed E-state index contributed by atoms with van der Waals surface area (Å²) in [6.07, 6.45) is 4.33. The van der Waals surface area contributed by atoms with Crippen LogP contribution in [0.25, 0.3) is 0 Å². The van der Waals surface area contributed by atoms with Crippen LogP contribution in [-0.2, 0) is 11.2 Å². The number of benzene rings is 1. The number of halogens is 2. The van der Waals surface area contributed by atoms with Crippen LogP contribution in [0.1, 0.15) is 30.2 Å². The first-order valence-corrected chi connectivity index (χ1v) is 8.87. The van der Waals surface area contributed by atoms with Gasteiger partial charge in [-0.3, -0.25) is 9.69 Å². The molecule has 1 saturated heterocycles. The number of amides is 1. The Morgan fingerprint density at radius 3 is 2.67 bits per heavy atom. The second-order valence-corrected chi connectivity index (χ2v) is 6.82. The van der Waals surface area contributed by atoms with E-state index in [1.807, 2.05) is 18.2 Å². The number of carbonyl (C=O) groups excluding carboxylic acids is 1. The van der Waals surface area contributed by atoms with Crippen molar-refractivity contribution in [1.29, 1.82) is 0 Å². The third-order valence-corrected chi connectivity index (χ3v) is 5.03. The van der Waals surface area contributed by atoms with Gasteiger partial charge < -0.3 is 9.73 Å². The average Bonchev–Trinajstić information content (AvgIpc) is 3.25. The Morgan fingerprint density at radius 2 is 2.00 bits per heavy atom. The average molecular weight is 367 g/mol. The number of nitrogens with zero attached hydrogens (tertiary/aromatic N) is 1. The number of carbonyl (C=O) groups is 1. The van der Waals surface area contributed by atoms with E-state index < -0.39 is 0 Å². The van der Waals surface area contributed by atoms with Gasteiger partial charge in [0.2, 0.25) is 5.91 Å². The van der Waals surface area contributed by atoms with Crippen molar-refractivity contribution < 1.29 is 9.21 Å². The maximum Gasteiger partial charge on any atom is 0.224 e. The molecule has 0 aliphatic carbocycles. The van der Waals surface area contributed by atoms with Crippen LogP contribution in [0.2, 0.25) is 10.0 Å². The van der Waals surface area contributed by atoms with Crippen LogP contribution >= 0.6 is 23.2 Å². The molecule has 1 amide bonds. The van der Waals surface area contributed by atoms with Gasteiger partial charge in [-0.15, -0.1) is 0 Å². The van der Waals surface area contributed by atoms with E-state index in [1.54, 1.807) is 18.4 Å². The fourth-order valence-electron chi connectivity index (χ4n) is 3.05. The lowest BCUT2D eigenvalue weighted by molar-refractivity contribution is -0.120. The molecule has 128 valence electrons. The predicted octanol–water partition coefficient (Wildman–Crippen LogP) is 4.08. The summed E-state index contributed by atoms with van der Waals surface area (Å²) in [4.78, 5) is 14.6. The summed E-state index contributed by atoms with van der Waals surface area (Å²) in [6.45, 7) is 2.61. The number of hydrogen-bond acceptors (Lipinski definition) is 3. The van der Waals surface area contributed by atoms with Crippen molar-refractivity contribution in [2.45, 2.75) is 25.3 Å². The molecule has 0 radical (unpaired) electrons. The molecule has 6 heteroatoms. The zero-order valence-corrected chi connectivity index (χ0v) is 14.8. The van der Waals surface area contributed by atoms with Gasteiger partial charge in [0, 0.05) is 6.54 Å². The van der Waals surface area contributed by atoms with E-state index in [9.17, 15) is 4.79 Å². The van der Waals surface area contributed by atoms with Crippen LogP contribution in [0.4, 0.5) is 0 Å². The summed E-state index contributed by atoms with van der Waals surface area (Å²) in [5.41, 5.74) is 0.845. The maximum atomic E-state index is 12.3. The number of furan rings is 1. The fraction of sp³-hybridized carbons (Fsp3) is 0.389. The molecular weight excluding hydrogens is 347 g/mol. The van der Waals surface area contributed by atoms with Gasteiger partial charge in [0.15, 0.2) is 0 Å². The summed E-state index contributed by atoms with van der Waals surface area (Å²) in [6, 6.07) is 9.19. The monoisotopic (exact) mass is 366 g/mol. The number of hydrogen-bond donors (Lipinski definition) is 1. The minimum atomic E-state index is -0.0378. The number of likely N-dealkylation sites (tertiary alicyclic amines) is 1. The van der Waals surface area contributed by atoms with E-state index in [-0.39, 0.29) is 18.4 Å². The molecule has 2 heterocycles. The molecule has 4 nitrogen and oxygen atoms in total. The van der Waals surface area contributed by atoms with Crippen LogP contribution in [0, 0.1) is 0 Å². The van der Waals surface area contributed by atoms with Crippen molar-refractivity contribution in [2.24, 2.45) is 0 Å². The van der Waals surface area contributed by atoms with Gasteiger partial charge in [0.25, 0.3) is 0 Å². The first-order valence-electron chi connectivity index (χ1n) is 8.11. The van der Waals surface area contributed by atoms with Crippen LogP contribution in [0.15, 0.2) is 41.0 Å². The van der Waals surface area contributed by atoms with Crippen molar-refractivity contribution in [1.82, 2.24) is 10.2 Å². The van der Waals surface area contributed by atoms with Crippen LogP contribution in [0.3, 0.4) is 0 Å². The normalized spacial score (nSPS) is 16.2. The van der Waals surface area contributed by atoms with Crippen molar-refractivity contribution >= 4 is 29.1 Å². The SMILES string of the molecule is O=C(Cc1ccc(Cl)c(Cl)c1)NC[C@@H](c1ccco1)N1CCCC1. The fourth-order valence-corrected chi connectivity index (χ4v) is 3.37. The highest BCUT2D eigenvalue weighted by molar-refractivity contribution is 6.42. The lowest BCUT2D eigenvalue weighted by Gasteiger charge is -2.26. The molecule has 1 fully saturated rings. The van der Waals surface area contributed by atoms with Crippen molar-refractivity contribution in [3.05, 3.63) is 58.0 Å². The smallest absolute Gasteiger partial charge is 0.224 e. The Bertz CT molecular complexity index is 682. The largest absolute Gasteiger partial charge is 0.468 e. The second-order valence-electron chi connectivity index (χ2n) is 6.00. The second kappa shape index (κ2) is 8.06. The zero-order valence-electron chi connectivity index (χ0n) is 13.3. The highest BCUT2D eigenvalue weighted by Gasteiger charge is 2.25. The van der Waals surface area contributed by atoms with Gasteiger partial charge in [-0.05, 0) is 55.8 Å². The Morgan fingerprint density at radius 1 is 1.21 bits per heavy atom. The van der Waals surface area contributed by atoms with Gasteiger partial charge in [0.05, 0.1) is 28.8 Å². The Kier molecular flexibility index (Phi) is 5.82. The summed E-state index contributed by atoms with van der Waals surface area (Å²) in [5, 5.41) is 3.97. The van der Waals surface area contributed by atoms with Crippen LogP contribution in [-0.4, -0.2) is 30.4 Å². The van der Waals surface area contributed by atoms with Crippen molar-refractivity contribution in [2.75, 3.05) is 19.6 Å². The maximum absolute atomic E-state index is 12.3. The molecule has 3 rings (SSSR count). The van der Waals surface area contributed by atoms with Gasteiger partial charge in [-0.2, -0.15) is 0 Å². The van der Waals surface area contributed by atoms with E-state index >= 15 is 0 Å². The Balaban J connectivity index is 1.59. The molecule has 0 saturated carbocycles. The molecule has 2 aromatic rings. The number of nitrogens with one attached hydrogen (secondary N) is 1. The first-order chi connectivity index (χ1) is 11.6. The third-order valence-electron chi connectivity index (χ3n) is 4.29. The molecule has 0 bridgehead atoms. The molecule has 0 spiro atoms. The minimum Gasteiger partial charge on any atom is -0.468 e. The van der Waals surface area contributed by atoms with E-state index in [1.165, 1.54) is 12.8 Å². The molecular formula is C18H20Cl2N2O2. The van der Waals surface area contributed by atoms with Gasteiger partial charge >= 0.3 is 0 Å². The summed E-state index contributed by atoms with van der Waals surface area (Å²) in [7, 11) is 0. The van der Waals surface area contributed by atoms with Crippen molar-refractivity contribution in [3.63, 3.8) is 0 Å². The highest BCUT2D eigenvalue weighted by Crippen LogP contribution is 2.25. The quantitative estimate of drug-likeness (QED) is 0.837. The van der Waals surface area contributed by atoms with Crippen LogP contribution in [0.5, 0.6) is 0 Å². The minimum absolute atomic E-state index is 0.0378. The van der Waals surface area contributed by atoms with Crippen molar-refractivity contribution in [3.8, 4) is 0 Å². The molecule has 1 aliphatic rings. The van der Waals surface area contributed by atoms with Crippen LogP contribution < -0.4 is 5.32 Å². The zero-order chi connectivity index (χ0) is 16.9. The lowest BCUT2D eigenvalue weighted by atomic mass is 10.1. The predicted molar refractivity (Wildman–Crippen MR) is 95.4 cm³/mol. The molecule has 1 aromatic carbocycles. The molecule has 24 heavy (non-hydrogen) atoms. The lowest BCUT2D eigenvalue weighted by Crippen LogP contribution is -2.37. The molecule has 1 aromatic heterocycles. The van der Waals surface area contributed by atoms with Gasteiger partial charge in [-0.25, -0.2) is 0 Å². The molecule has 0 unspecified atom stereocenters. The van der Waals surface area contributed by atoms with E-state index in [0.717, 1.165) is 24.4 Å². The molecule has 1 N–H and O–H groups in total. The standard InChI is InChI=1S/C18H20Cl2N2O2/c19-14-6-5-13(10-15(14)20)11-18(23)21-12-16(17-4-3-9-24-17)22-7-1-2-8-22/h3-6,9-10,16H,1-2,7-8,11-12H2,(H,21,23)/t16-/m0/s1. The van der Waals surface area contributed by atoms with E-state index in [0.29, 0.717) is 16.6 Å². The first kappa shape index (κ1) is 17.3. The number of rotatable bonds is 6. The van der Waals surface area contributed by atoms with Gasteiger partial charge in [0.1, 0.15) is 5.76 Å². The van der Waals surface area contributed by atoms with Gasteiger partial charge in [-0.1, -0.05) is 29.3 Å². The summed E-state index contributed by atoms with van der Waals surface area (Å²) >= 11 is 11.9. The topological polar surface area (TPSA) is 45.5 Å². The summed E-state index contributed by atoms with van der Waals surface area (Å²) < 4.78 is 5.56.